The van der Waals surface area contributed by atoms with Crippen molar-refractivity contribution in [2.75, 3.05) is 13.2 Å². The number of hydrogen-bond acceptors (Lipinski definition) is 3. The van der Waals surface area contributed by atoms with E-state index < -0.39 is 0 Å². The highest BCUT2D eigenvalue weighted by atomic mass is 16.7. The highest BCUT2D eigenvalue weighted by Crippen LogP contribution is 2.46. The average Bonchev–Trinajstić information content (AvgIpc) is 2.87. The Bertz CT molecular complexity index is 181. The quantitative estimate of drug-likeness (QED) is 0.509. The van der Waals surface area contributed by atoms with Gasteiger partial charge in [0.15, 0.2) is 5.79 Å². The van der Waals surface area contributed by atoms with Gasteiger partial charge in [-0.25, -0.2) is 0 Å². The summed E-state index contributed by atoms with van der Waals surface area (Å²) in [5, 5.41) is 0. The number of rotatable bonds is 0. The van der Waals surface area contributed by atoms with Gasteiger partial charge in [-0.05, 0) is 19.3 Å². The minimum Gasteiger partial charge on any atom is -0.364 e. The van der Waals surface area contributed by atoms with Crippen LogP contribution in [0, 0.1) is 0 Å². The first-order valence-corrected chi connectivity index (χ1v) is 4.84. The third-order valence-electron chi connectivity index (χ3n) is 3.03. The van der Waals surface area contributed by atoms with Gasteiger partial charge in [0.1, 0.15) is 6.10 Å². The highest BCUT2D eigenvalue weighted by Gasteiger charge is 2.59. The lowest BCUT2D eigenvalue weighted by molar-refractivity contribution is -0.270. The molecule has 3 nitrogen and oxygen atoms in total. The first-order valence-electron chi connectivity index (χ1n) is 4.84. The van der Waals surface area contributed by atoms with Crippen molar-refractivity contribution in [3.05, 3.63) is 0 Å². The molecule has 0 amide bonds. The minimum atomic E-state index is -0.332. The molecule has 68 valence electrons. The van der Waals surface area contributed by atoms with Crippen LogP contribution in [-0.2, 0) is 14.2 Å². The molecule has 0 aliphatic carbocycles. The Kier molecular flexibility index (Phi) is 1.48. The van der Waals surface area contributed by atoms with Crippen molar-refractivity contribution in [3.8, 4) is 0 Å². The molecule has 0 N–H and O–H groups in total. The second-order valence-electron chi connectivity index (χ2n) is 3.85. The van der Waals surface area contributed by atoms with E-state index in [-0.39, 0.29) is 11.9 Å². The van der Waals surface area contributed by atoms with Gasteiger partial charge in [0, 0.05) is 6.42 Å². The fraction of sp³-hybridized carbons (Fsp3) is 1.00. The summed E-state index contributed by atoms with van der Waals surface area (Å²) in [5.74, 6) is -0.332. The van der Waals surface area contributed by atoms with Crippen LogP contribution < -0.4 is 0 Å². The molecule has 0 aromatic heterocycles. The fourth-order valence-electron chi connectivity index (χ4n) is 2.31. The van der Waals surface area contributed by atoms with Crippen LogP contribution in [0.25, 0.3) is 0 Å². The van der Waals surface area contributed by atoms with Gasteiger partial charge in [0.2, 0.25) is 0 Å². The van der Waals surface area contributed by atoms with E-state index in [9.17, 15) is 0 Å². The zero-order valence-corrected chi connectivity index (χ0v) is 7.12. The Labute approximate surface area is 72.0 Å². The minimum absolute atomic E-state index is 0.256. The molecular weight excluding hydrogens is 156 g/mol. The SMILES string of the molecule is C1CC[C@]2(OC1)OCC[C@@H]1O[C@@H]12. The number of fused-ring (bicyclic) bond motifs is 2. The van der Waals surface area contributed by atoms with Crippen LogP contribution in [-0.4, -0.2) is 31.2 Å². The van der Waals surface area contributed by atoms with E-state index in [1.807, 2.05) is 0 Å². The fourth-order valence-corrected chi connectivity index (χ4v) is 2.31. The molecule has 12 heavy (non-hydrogen) atoms. The summed E-state index contributed by atoms with van der Waals surface area (Å²) in [6.07, 6.45) is 5.15. The van der Waals surface area contributed by atoms with E-state index in [1.54, 1.807) is 0 Å². The summed E-state index contributed by atoms with van der Waals surface area (Å²) in [6, 6.07) is 0. The van der Waals surface area contributed by atoms with Crippen LogP contribution in [0.2, 0.25) is 0 Å². The van der Waals surface area contributed by atoms with Gasteiger partial charge >= 0.3 is 0 Å². The first kappa shape index (κ1) is 7.30. The van der Waals surface area contributed by atoms with Crippen molar-refractivity contribution in [2.24, 2.45) is 0 Å². The van der Waals surface area contributed by atoms with Gasteiger partial charge in [0.25, 0.3) is 0 Å². The topological polar surface area (TPSA) is 31.0 Å². The van der Waals surface area contributed by atoms with Gasteiger partial charge in [-0.15, -0.1) is 0 Å². The van der Waals surface area contributed by atoms with Crippen molar-refractivity contribution in [1.82, 2.24) is 0 Å². The van der Waals surface area contributed by atoms with E-state index in [0.717, 1.165) is 26.1 Å². The Morgan fingerprint density at radius 3 is 2.83 bits per heavy atom. The molecule has 0 radical (unpaired) electrons. The normalized spacial score (nSPS) is 52.0. The molecule has 0 aromatic rings. The van der Waals surface area contributed by atoms with Gasteiger partial charge < -0.3 is 14.2 Å². The van der Waals surface area contributed by atoms with Gasteiger partial charge in [-0.2, -0.15) is 0 Å². The van der Waals surface area contributed by atoms with Crippen LogP contribution in [0.4, 0.5) is 0 Å². The van der Waals surface area contributed by atoms with Crippen molar-refractivity contribution < 1.29 is 14.2 Å². The predicted octanol–water partition coefficient (Wildman–Crippen LogP) is 1.07. The van der Waals surface area contributed by atoms with E-state index in [2.05, 4.69) is 0 Å². The van der Waals surface area contributed by atoms with Crippen LogP contribution in [0.5, 0.6) is 0 Å². The second kappa shape index (κ2) is 2.44. The molecule has 3 heterocycles. The summed E-state index contributed by atoms with van der Waals surface area (Å²) in [6.45, 7) is 1.65. The van der Waals surface area contributed by atoms with Crippen LogP contribution in [0.1, 0.15) is 25.7 Å². The molecule has 3 aliphatic heterocycles. The zero-order valence-electron chi connectivity index (χ0n) is 7.12. The van der Waals surface area contributed by atoms with E-state index in [4.69, 9.17) is 14.2 Å². The maximum absolute atomic E-state index is 5.71. The first-order chi connectivity index (χ1) is 5.91. The second-order valence-corrected chi connectivity index (χ2v) is 3.85. The van der Waals surface area contributed by atoms with Crippen LogP contribution >= 0.6 is 0 Å². The number of epoxide rings is 1. The lowest BCUT2D eigenvalue weighted by Gasteiger charge is -2.37. The number of hydrogen-bond donors (Lipinski definition) is 0. The van der Waals surface area contributed by atoms with Crippen molar-refractivity contribution in [2.45, 2.75) is 43.7 Å². The van der Waals surface area contributed by atoms with Crippen molar-refractivity contribution in [1.29, 1.82) is 0 Å². The maximum atomic E-state index is 5.71. The lowest BCUT2D eigenvalue weighted by atomic mass is 9.97. The summed E-state index contributed by atoms with van der Waals surface area (Å²) in [5.41, 5.74) is 0. The molecule has 0 aromatic carbocycles. The third kappa shape index (κ3) is 0.934. The van der Waals surface area contributed by atoms with Crippen molar-refractivity contribution >= 4 is 0 Å². The molecule has 1 spiro atoms. The summed E-state index contributed by atoms with van der Waals surface area (Å²) in [7, 11) is 0. The molecule has 3 saturated heterocycles. The molecule has 3 rings (SSSR count). The molecule has 3 heteroatoms. The zero-order chi connectivity index (χ0) is 8.02. The number of ether oxygens (including phenoxy) is 3. The van der Waals surface area contributed by atoms with E-state index >= 15 is 0 Å². The molecule has 0 unspecified atom stereocenters. The van der Waals surface area contributed by atoms with Crippen molar-refractivity contribution in [3.63, 3.8) is 0 Å². The van der Waals surface area contributed by atoms with E-state index in [0.29, 0.717) is 6.10 Å². The molecule has 0 saturated carbocycles. The smallest absolute Gasteiger partial charge is 0.197 e. The summed E-state index contributed by atoms with van der Waals surface area (Å²) in [4.78, 5) is 0. The van der Waals surface area contributed by atoms with Crippen LogP contribution in [0.15, 0.2) is 0 Å². The Morgan fingerprint density at radius 2 is 2.00 bits per heavy atom. The Morgan fingerprint density at radius 1 is 1.08 bits per heavy atom. The summed E-state index contributed by atoms with van der Waals surface area (Å²) < 4.78 is 16.9. The monoisotopic (exact) mass is 170 g/mol. The van der Waals surface area contributed by atoms with Gasteiger partial charge in [-0.1, -0.05) is 0 Å². The lowest BCUT2D eigenvalue weighted by Crippen LogP contribution is -2.47. The Balaban J connectivity index is 1.78. The largest absolute Gasteiger partial charge is 0.364 e. The maximum Gasteiger partial charge on any atom is 0.197 e. The highest BCUT2D eigenvalue weighted by molar-refractivity contribution is 5.01. The molecule has 3 atom stereocenters. The third-order valence-corrected chi connectivity index (χ3v) is 3.03. The predicted molar refractivity (Wildman–Crippen MR) is 41.8 cm³/mol. The molecule has 3 fully saturated rings. The molecule has 3 aliphatic rings. The molecule has 0 bridgehead atoms. The standard InChI is InChI=1S/C9H14O3/c1-2-5-10-9(4-1)8-7(12-8)3-6-11-9/h7-8H,1-6H2/t7-,8-,9-/m0/s1. The summed E-state index contributed by atoms with van der Waals surface area (Å²) >= 11 is 0. The molecular formula is C9H14O3. The van der Waals surface area contributed by atoms with E-state index in [1.165, 1.54) is 12.8 Å². The average molecular weight is 170 g/mol. The van der Waals surface area contributed by atoms with Gasteiger partial charge in [-0.3, -0.25) is 0 Å². The Hall–Kier alpha value is -0.120. The van der Waals surface area contributed by atoms with Crippen LogP contribution in [0.3, 0.4) is 0 Å². The van der Waals surface area contributed by atoms with Gasteiger partial charge in [0.05, 0.1) is 19.3 Å².